The van der Waals surface area contributed by atoms with E-state index in [0.717, 1.165) is 38.9 Å². The molecule has 1 aromatic carbocycles. The van der Waals surface area contributed by atoms with Gasteiger partial charge in [-0.15, -0.1) is 0 Å². The number of hydrogen-bond donors (Lipinski definition) is 1. The van der Waals surface area contributed by atoms with Crippen molar-refractivity contribution in [1.29, 1.82) is 0 Å². The smallest absolute Gasteiger partial charge is 0.266 e. The number of hydrogen-bond acceptors (Lipinski definition) is 7. The summed E-state index contributed by atoms with van der Waals surface area (Å²) in [6.07, 6.45) is -1.28. The predicted molar refractivity (Wildman–Crippen MR) is 118 cm³/mol. The van der Waals surface area contributed by atoms with Crippen LogP contribution in [-0.2, 0) is 4.74 Å². The van der Waals surface area contributed by atoms with E-state index in [1.54, 1.807) is 26.1 Å². The molecule has 1 atom stereocenters. The van der Waals surface area contributed by atoms with Gasteiger partial charge < -0.3 is 14.8 Å². The van der Waals surface area contributed by atoms with Crippen molar-refractivity contribution < 1.29 is 22.6 Å². The standard InChI is InChI=1S/C23H26F3N5O2/c1-14(17-4-3-5-18(20(17)24)21(25)26)28-23-19-12-16(13-27-22(19)29-15(2)30-23)33-11-8-31-6-9-32-10-7-31/h3-5,12-14,21H,6-11H2,1-2H3,(H,27,28,29,30)/t14-/m1/s1. The number of anilines is 1. The number of aryl methyl sites for hydroxylation is 1. The molecule has 0 spiro atoms. The minimum Gasteiger partial charge on any atom is -0.491 e. The predicted octanol–water partition coefficient (Wildman–Crippen LogP) is 4.29. The zero-order valence-corrected chi connectivity index (χ0v) is 18.5. The summed E-state index contributed by atoms with van der Waals surface area (Å²) in [6, 6.07) is 5.15. The number of morpholine rings is 1. The SMILES string of the molecule is Cc1nc(N[C@H](C)c2cccc(C(F)F)c2F)c2cc(OCCN3CCOCC3)cnc2n1. The highest BCUT2D eigenvalue weighted by molar-refractivity contribution is 5.87. The molecular formula is C23H26F3N5O2. The number of aromatic nitrogens is 3. The summed E-state index contributed by atoms with van der Waals surface area (Å²) in [4.78, 5) is 15.4. The molecule has 4 rings (SSSR count). The van der Waals surface area contributed by atoms with E-state index in [1.165, 1.54) is 12.1 Å². The first-order valence-corrected chi connectivity index (χ1v) is 10.8. The number of ether oxygens (including phenoxy) is 2. The highest BCUT2D eigenvalue weighted by Gasteiger charge is 2.20. The quantitative estimate of drug-likeness (QED) is 0.536. The summed E-state index contributed by atoms with van der Waals surface area (Å²) in [5.41, 5.74) is -0.0369. The van der Waals surface area contributed by atoms with Crippen molar-refractivity contribution in [2.75, 3.05) is 44.8 Å². The fourth-order valence-electron chi connectivity index (χ4n) is 3.76. The molecule has 0 radical (unpaired) electrons. The van der Waals surface area contributed by atoms with Crippen molar-refractivity contribution in [2.45, 2.75) is 26.3 Å². The van der Waals surface area contributed by atoms with Crippen LogP contribution in [0.5, 0.6) is 5.75 Å². The highest BCUT2D eigenvalue weighted by atomic mass is 19.3. The van der Waals surface area contributed by atoms with Crippen LogP contribution in [-0.4, -0.2) is 59.3 Å². The molecule has 1 aliphatic rings. The van der Waals surface area contributed by atoms with E-state index in [0.29, 0.717) is 35.0 Å². The molecule has 3 heterocycles. The van der Waals surface area contributed by atoms with Gasteiger partial charge in [-0.25, -0.2) is 28.1 Å². The van der Waals surface area contributed by atoms with E-state index in [1.807, 2.05) is 0 Å². The first-order valence-electron chi connectivity index (χ1n) is 10.8. The lowest BCUT2D eigenvalue weighted by atomic mass is 10.0. The molecule has 1 fully saturated rings. The number of alkyl halides is 2. The van der Waals surface area contributed by atoms with Gasteiger partial charge in [0.25, 0.3) is 6.43 Å². The molecular weight excluding hydrogens is 435 g/mol. The molecule has 3 aromatic rings. The van der Waals surface area contributed by atoms with Gasteiger partial charge >= 0.3 is 0 Å². The maximum Gasteiger partial charge on any atom is 0.266 e. The molecule has 2 aromatic heterocycles. The maximum absolute atomic E-state index is 14.6. The summed E-state index contributed by atoms with van der Waals surface area (Å²) in [5, 5.41) is 3.73. The summed E-state index contributed by atoms with van der Waals surface area (Å²) >= 11 is 0. The number of nitrogens with zero attached hydrogens (tertiary/aromatic N) is 4. The van der Waals surface area contributed by atoms with Gasteiger partial charge in [0, 0.05) is 25.2 Å². The van der Waals surface area contributed by atoms with E-state index in [9.17, 15) is 13.2 Å². The van der Waals surface area contributed by atoms with Gasteiger partial charge in [-0.05, 0) is 19.9 Å². The van der Waals surface area contributed by atoms with E-state index < -0.39 is 23.8 Å². The van der Waals surface area contributed by atoms with E-state index in [4.69, 9.17) is 9.47 Å². The number of fused-ring (bicyclic) bond motifs is 1. The van der Waals surface area contributed by atoms with Gasteiger partial charge in [-0.3, -0.25) is 4.90 Å². The molecule has 7 nitrogen and oxygen atoms in total. The third-order valence-corrected chi connectivity index (χ3v) is 5.53. The molecule has 10 heteroatoms. The van der Waals surface area contributed by atoms with Crippen LogP contribution in [0.1, 0.15) is 36.3 Å². The van der Waals surface area contributed by atoms with Crippen LogP contribution in [0, 0.1) is 12.7 Å². The lowest BCUT2D eigenvalue weighted by molar-refractivity contribution is 0.0322. The largest absolute Gasteiger partial charge is 0.491 e. The Bertz CT molecular complexity index is 1110. The minimum atomic E-state index is -2.89. The van der Waals surface area contributed by atoms with Crippen molar-refractivity contribution in [1.82, 2.24) is 19.9 Å². The lowest BCUT2D eigenvalue weighted by Gasteiger charge is -2.26. The van der Waals surface area contributed by atoms with Gasteiger partial charge in [0.2, 0.25) is 0 Å². The van der Waals surface area contributed by atoms with Crippen LogP contribution in [0.25, 0.3) is 11.0 Å². The van der Waals surface area contributed by atoms with Crippen molar-refractivity contribution in [3.63, 3.8) is 0 Å². The number of pyridine rings is 1. The Balaban J connectivity index is 1.54. The van der Waals surface area contributed by atoms with Crippen molar-refractivity contribution in [3.05, 3.63) is 53.2 Å². The zero-order valence-electron chi connectivity index (χ0n) is 18.5. The Kier molecular flexibility index (Phi) is 7.24. The van der Waals surface area contributed by atoms with Crippen LogP contribution >= 0.6 is 0 Å². The first-order chi connectivity index (χ1) is 15.9. The molecule has 1 N–H and O–H groups in total. The third kappa shape index (κ3) is 5.51. The van der Waals surface area contributed by atoms with Crippen molar-refractivity contribution >= 4 is 16.9 Å². The average molecular weight is 461 g/mol. The van der Waals surface area contributed by atoms with Crippen LogP contribution in [0.2, 0.25) is 0 Å². The van der Waals surface area contributed by atoms with Gasteiger partial charge in [0.15, 0.2) is 5.65 Å². The zero-order chi connectivity index (χ0) is 23.4. The second-order valence-electron chi connectivity index (χ2n) is 7.88. The molecule has 0 bridgehead atoms. The summed E-state index contributed by atoms with van der Waals surface area (Å²) < 4.78 is 52.1. The molecule has 0 aliphatic carbocycles. The van der Waals surface area contributed by atoms with Crippen LogP contribution in [0.15, 0.2) is 30.5 Å². The monoisotopic (exact) mass is 461 g/mol. The summed E-state index contributed by atoms with van der Waals surface area (Å²) in [7, 11) is 0. The minimum absolute atomic E-state index is 0.128. The Labute approximate surface area is 190 Å². The van der Waals surface area contributed by atoms with Gasteiger partial charge in [0.05, 0.1) is 36.4 Å². The fourth-order valence-corrected chi connectivity index (χ4v) is 3.76. The Hall–Kier alpha value is -2.98. The van der Waals surface area contributed by atoms with Crippen molar-refractivity contribution in [3.8, 4) is 5.75 Å². The van der Waals surface area contributed by atoms with Crippen LogP contribution in [0.3, 0.4) is 0 Å². The molecule has 33 heavy (non-hydrogen) atoms. The number of nitrogens with one attached hydrogen (secondary N) is 1. The first kappa shape index (κ1) is 23.2. The summed E-state index contributed by atoms with van der Waals surface area (Å²) in [6.45, 7) is 7.88. The Morgan fingerprint density at radius 3 is 2.70 bits per heavy atom. The molecule has 176 valence electrons. The molecule has 0 saturated carbocycles. The van der Waals surface area contributed by atoms with Gasteiger partial charge in [-0.2, -0.15) is 0 Å². The second-order valence-corrected chi connectivity index (χ2v) is 7.88. The van der Waals surface area contributed by atoms with Crippen molar-refractivity contribution in [2.24, 2.45) is 0 Å². The number of rotatable bonds is 8. The van der Waals surface area contributed by atoms with Gasteiger partial charge in [0.1, 0.15) is 29.8 Å². The average Bonchev–Trinajstić information content (AvgIpc) is 2.80. The van der Waals surface area contributed by atoms with Gasteiger partial charge in [-0.1, -0.05) is 18.2 Å². The molecule has 0 unspecified atom stereocenters. The van der Waals surface area contributed by atoms with Crippen LogP contribution < -0.4 is 10.1 Å². The lowest BCUT2D eigenvalue weighted by Crippen LogP contribution is -2.38. The molecule has 0 amide bonds. The van der Waals surface area contributed by atoms with E-state index in [-0.39, 0.29) is 5.56 Å². The Morgan fingerprint density at radius 1 is 1.18 bits per heavy atom. The second kappa shape index (κ2) is 10.3. The van der Waals surface area contributed by atoms with Crippen LogP contribution in [0.4, 0.5) is 19.0 Å². The number of benzene rings is 1. The van der Waals surface area contributed by atoms with E-state index in [2.05, 4.69) is 25.2 Å². The normalized spacial score (nSPS) is 15.7. The van der Waals surface area contributed by atoms with E-state index >= 15 is 0 Å². The fraction of sp³-hybridized carbons (Fsp3) is 0.435. The maximum atomic E-state index is 14.6. The topological polar surface area (TPSA) is 72.4 Å². The molecule has 1 aliphatic heterocycles. The highest BCUT2D eigenvalue weighted by Crippen LogP contribution is 2.30. The summed E-state index contributed by atoms with van der Waals surface area (Å²) in [5.74, 6) is 0.545. The third-order valence-electron chi connectivity index (χ3n) is 5.53. The Morgan fingerprint density at radius 2 is 1.94 bits per heavy atom. The molecule has 1 saturated heterocycles. The number of halogens is 3.